The average molecular weight is 337 g/mol. The molecule has 1 fully saturated rings. The fourth-order valence-corrected chi connectivity index (χ4v) is 3.00. The molecule has 2 atom stereocenters. The molecule has 1 aliphatic carbocycles. The van der Waals surface area contributed by atoms with Crippen molar-refractivity contribution in [1.29, 1.82) is 5.26 Å². The summed E-state index contributed by atoms with van der Waals surface area (Å²) in [6.07, 6.45) is 2.62. The molecule has 0 radical (unpaired) electrons. The van der Waals surface area contributed by atoms with Crippen LogP contribution in [0.4, 0.5) is 5.69 Å². The topological polar surface area (TPSA) is 62.1 Å². The highest BCUT2D eigenvalue weighted by atomic mass is 79.9. The number of nitrogens with one attached hydrogen (secondary N) is 1. The first-order valence-electron chi connectivity index (χ1n) is 6.76. The minimum atomic E-state index is -0.0873. The number of carbonyl (C=O) groups excluding carboxylic acids is 1. The maximum atomic E-state index is 11.7. The summed E-state index contributed by atoms with van der Waals surface area (Å²) in [6.45, 7) is 2.27. The molecule has 1 aromatic carbocycles. The van der Waals surface area contributed by atoms with Gasteiger partial charge < -0.3 is 10.1 Å². The van der Waals surface area contributed by atoms with Gasteiger partial charge in [0.05, 0.1) is 24.2 Å². The monoisotopic (exact) mass is 336 g/mol. The molecule has 0 aromatic heterocycles. The molecule has 0 spiro atoms. The Morgan fingerprint density at radius 3 is 3.00 bits per heavy atom. The van der Waals surface area contributed by atoms with Crippen LogP contribution in [0.3, 0.4) is 0 Å². The largest absolute Gasteiger partial charge is 0.466 e. The third-order valence-electron chi connectivity index (χ3n) is 3.51. The summed E-state index contributed by atoms with van der Waals surface area (Å²) in [5.41, 5.74) is 1.58. The fraction of sp³-hybridized carbons (Fsp3) is 0.467. The Bertz CT molecular complexity index is 539. The Morgan fingerprint density at radius 1 is 1.55 bits per heavy atom. The number of benzene rings is 1. The van der Waals surface area contributed by atoms with Gasteiger partial charge in [0.1, 0.15) is 0 Å². The zero-order chi connectivity index (χ0) is 14.5. The van der Waals surface area contributed by atoms with Crippen LogP contribution < -0.4 is 5.32 Å². The predicted molar refractivity (Wildman–Crippen MR) is 80.2 cm³/mol. The third kappa shape index (κ3) is 3.51. The van der Waals surface area contributed by atoms with Gasteiger partial charge in [-0.1, -0.05) is 0 Å². The van der Waals surface area contributed by atoms with E-state index in [1.807, 2.05) is 13.0 Å². The van der Waals surface area contributed by atoms with Gasteiger partial charge in [-0.15, -0.1) is 0 Å². The predicted octanol–water partition coefficient (Wildman–Crippen LogP) is 3.46. The Labute approximate surface area is 127 Å². The number of anilines is 1. The second-order valence-electron chi connectivity index (χ2n) is 4.91. The lowest BCUT2D eigenvalue weighted by atomic mass is 10.1. The number of hydrogen-bond donors (Lipinski definition) is 1. The molecule has 1 saturated carbocycles. The van der Waals surface area contributed by atoms with E-state index in [4.69, 9.17) is 10.00 Å². The zero-order valence-electron chi connectivity index (χ0n) is 11.4. The van der Waals surface area contributed by atoms with E-state index in [1.54, 1.807) is 12.1 Å². The summed E-state index contributed by atoms with van der Waals surface area (Å²) >= 11 is 3.46. The van der Waals surface area contributed by atoms with Crippen molar-refractivity contribution in [2.24, 2.45) is 5.92 Å². The molecule has 0 amide bonds. The van der Waals surface area contributed by atoms with Gasteiger partial charge in [0, 0.05) is 16.2 Å². The highest BCUT2D eigenvalue weighted by Gasteiger charge is 2.31. The first kappa shape index (κ1) is 14.9. The molecule has 2 rings (SSSR count). The van der Waals surface area contributed by atoms with Crippen LogP contribution in [0.5, 0.6) is 0 Å². The average Bonchev–Trinajstić information content (AvgIpc) is 2.90. The molecule has 0 aliphatic heterocycles. The molecule has 4 nitrogen and oxygen atoms in total. The van der Waals surface area contributed by atoms with Crippen molar-refractivity contribution in [3.05, 3.63) is 28.2 Å². The number of rotatable bonds is 4. The molecule has 0 bridgehead atoms. The Balaban J connectivity index is 1.95. The van der Waals surface area contributed by atoms with Crippen LogP contribution in [-0.4, -0.2) is 18.6 Å². The van der Waals surface area contributed by atoms with Crippen LogP contribution in [0.25, 0.3) is 0 Å². The Kier molecular flexibility index (Phi) is 5.02. The van der Waals surface area contributed by atoms with Crippen molar-refractivity contribution in [2.45, 2.75) is 32.2 Å². The second-order valence-corrected chi connectivity index (χ2v) is 5.76. The maximum Gasteiger partial charge on any atom is 0.308 e. The third-order valence-corrected chi connectivity index (χ3v) is 4.17. The van der Waals surface area contributed by atoms with Crippen molar-refractivity contribution in [3.8, 4) is 6.07 Å². The van der Waals surface area contributed by atoms with E-state index in [0.717, 1.165) is 29.4 Å². The van der Waals surface area contributed by atoms with Gasteiger partial charge in [0.15, 0.2) is 0 Å². The van der Waals surface area contributed by atoms with E-state index in [-0.39, 0.29) is 17.9 Å². The number of hydrogen-bond acceptors (Lipinski definition) is 4. The fourth-order valence-electron chi connectivity index (χ4n) is 2.51. The molecule has 1 aromatic rings. The molecule has 20 heavy (non-hydrogen) atoms. The lowest BCUT2D eigenvalue weighted by Crippen LogP contribution is -2.19. The Hall–Kier alpha value is -1.54. The molecule has 1 aliphatic rings. The molecule has 1 N–H and O–H groups in total. The quantitative estimate of drug-likeness (QED) is 0.855. The van der Waals surface area contributed by atoms with E-state index in [0.29, 0.717) is 12.2 Å². The first-order valence-corrected chi connectivity index (χ1v) is 7.56. The molecule has 0 heterocycles. The number of ether oxygens (including phenoxy) is 1. The minimum Gasteiger partial charge on any atom is -0.466 e. The number of nitriles is 1. The molecule has 106 valence electrons. The van der Waals surface area contributed by atoms with Crippen LogP contribution in [0.2, 0.25) is 0 Å². The number of halogens is 1. The van der Waals surface area contributed by atoms with Gasteiger partial charge in [0.25, 0.3) is 0 Å². The highest BCUT2D eigenvalue weighted by molar-refractivity contribution is 9.10. The molecule has 1 unspecified atom stereocenters. The lowest BCUT2D eigenvalue weighted by Gasteiger charge is -2.16. The van der Waals surface area contributed by atoms with Crippen LogP contribution in [0, 0.1) is 17.2 Å². The van der Waals surface area contributed by atoms with Crippen molar-refractivity contribution in [2.75, 3.05) is 11.9 Å². The standard InChI is InChI=1S/C15H17BrN2O2/c1-2-20-15(19)11-4-5-12(8-11)18-14-6-3-10(9-17)7-13(14)16/h3,6-7,11-12,18H,2,4-5,8H2,1H3/t11?,12-/m1/s1. The van der Waals surface area contributed by atoms with E-state index in [9.17, 15) is 4.79 Å². The van der Waals surface area contributed by atoms with E-state index < -0.39 is 0 Å². The summed E-state index contributed by atoms with van der Waals surface area (Å²) in [7, 11) is 0. The van der Waals surface area contributed by atoms with E-state index in [2.05, 4.69) is 27.3 Å². The summed E-state index contributed by atoms with van der Waals surface area (Å²) < 4.78 is 5.94. The van der Waals surface area contributed by atoms with Gasteiger partial charge in [-0.25, -0.2) is 0 Å². The zero-order valence-corrected chi connectivity index (χ0v) is 12.9. The van der Waals surface area contributed by atoms with E-state index >= 15 is 0 Å². The number of nitrogens with zero attached hydrogens (tertiary/aromatic N) is 1. The molecule has 5 heteroatoms. The number of esters is 1. The number of carbonyl (C=O) groups is 1. The highest BCUT2D eigenvalue weighted by Crippen LogP contribution is 2.31. The van der Waals surface area contributed by atoms with Gasteiger partial charge in [-0.2, -0.15) is 5.26 Å². The van der Waals surface area contributed by atoms with Crippen molar-refractivity contribution < 1.29 is 9.53 Å². The van der Waals surface area contributed by atoms with E-state index in [1.165, 1.54) is 0 Å². The smallest absolute Gasteiger partial charge is 0.308 e. The second kappa shape index (κ2) is 6.76. The van der Waals surface area contributed by atoms with Crippen LogP contribution in [0.1, 0.15) is 31.7 Å². The maximum absolute atomic E-state index is 11.7. The SMILES string of the molecule is CCOC(=O)C1CC[C@@H](Nc2ccc(C#N)cc2Br)C1. The van der Waals surface area contributed by atoms with Crippen molar-refractivity contribution in [1.82, 2.24) is 0 Å². The van der Waals surface area contributed by atoms with Gasteiger partial charge in [-0.3, -0.25) is 4.79 Å². The first-order chi connectivity index (χ1) is 9.63. The summed E-state index contributed by atoms with van der Waals surface area (Å²) in [5, 5.41) is 12.3. The summed E-state index contributed by atoms with van der Waals surface area (Å²) in [4.78, 5) is 11.7. The molecule has 0 saturated heterocycles. The van der Waals surface area contributed by atoms with Crippen LogP contribution in [-0.2, 0) is 9.53 Å². The van der Waals surface area contributed by atoms with Gasteiger partial charge in [0.2, 0.25) is 0 Å². The van der Waals surface area contributed by atoms with Gasteiger partial charge >= 0.3 is 5.97 Å². The van der Waals surface area contributed by atoms with Crippen LogP contribution >= 0.6 is 15.9 Å². The molecular weight excluding hydrogens is 320 g/mol. The summed E-state index contributed by atoms with van der Waals surface area (Å²) in [6, 6.07) is 7.84. The van der Waals surface area contributed by atoms with Crippen molar-refractivity contribution >= 4 is 27.6 Å². The normalized spacial score (nSPS) is 21.2. The Morgan fingerprint density at radius 2 is 2.35 bits per heavy atom. The van der Waals surface area contributed by atoms with Gasteiger partial charge in [-0.05, 0) is 60.3 Å². The van der Waals surface area contributed by atoms with Crippen LogP contribution in [0.15, 0.2) is 22.7 Å². The summed E-state index contributed by atoms with van der Waals surface area (Å²) in [5.74, 6) is -0.0831. The minimum absolute atomic E-state index is 0.00427. The lowest BCUT2D eigenvalue weighted by molar-refractivity contribution is -0.147. The molecular formula is C15H17BrN2O2. The van der Waals surface area contributed by atoms with Crippen molar-refractivity contribution in [3.63, 3.8) is 0 Å².